The predicted molar refractivity (Wildman–Crippen MR) is 78.5 cm³/mol. The summed E-state index contributed by atoms with van der Waals surface area (Å²) < 4.78 is 7.61. The Bertz CT molecular complexity index is 481. The third kappa shape index (κ3) is 4.23. The van der Waals surface area contributed by atoms with Crippen LogP contribution in [-0.4, -0.2) is 21.4 Å². The monoisotopic (exact) mass is 331 g/mol. The zero-order valence-corrected chi connectivity index (χ0v) is 14.2. The number of nitrogens with one attached hydrogen (secondary N) is 1. The van der Waals surface area contributed by atoms with Gasteiger partial charge in [0.15, 0.2) is 0 Å². The van der Waals surface area contributed by atoms with Crippen molar-refractivity contribution in [2.75, 3.05) is 0 Å². The van der Waals surface area contributed by atoms with Crippen molar-refractivity contribution in [3.05, 3.63) is 10.2 Å². The van der Waals surface area contributed by atoms with Gasteiger partial charge in [-0.3, -0.25) is 0 Å². The number of aryl methyl sites for hydroxylation is 1. The maximum Gasteiger partial charge on any atom is 0.414 e. The second-order valence-electron chi connectivity index (χ2n) is 6.61. The molecule has 0 aliphatic heterocycles. The van der Waals surface area contributed by atoms with Gasteiger partial charge in [-0.25, -0.2) is 9.48 Å². The van der Waals surface area contributed by atoms with Gasteiger partial charge in [0.1, 0.15) is 4.47 Å². The van der Waals surface area contributed by atoms with Crippen LogP contribution in [0.2, 0.25) is 0 Å². The summed E-state index contributed by atoms with van der Waals surface area (Å²) in [4.78, 5) is 11.8. The van der Waals surface area contributed by atoms with E-state index < -0.39 is 6.09 Å². The number of halogens is 1. The van der Waals surface area contributed by atoms with E-state index in [1.54, 1.807) is 11.7 Å². The number of hydrogen-bond donors (Lipinski definition) is 1. The number of ether oxygens (including phenoxy) is 1. The van der Waals surface area contributed by atoms with Crippen molar-refractivity contribution >= 4 is 22.0 Å². The van der Waals surface area contributed by atoms with Crippen molar-refractivity contribution in [2.45, 2.75) is 52.5 Å². The molecule has 0 saturated carbocycles. The van der Waals surface area contributed by atoms with Crippen molar-refractivity contribution < 1.29 is 9.53 Å². The average molecular weight is 332 g/mol. The number of hydrogen-bond acceptors (Lipinski definition) is 3. The molecular weight excluding hydrogens is 310 g/mol. The van der Waals surface area contributed by atoms with Crippen LogP contribution in [0.3, 0.4) is 0 Å². The SMILES string of the molecule is Cn1nc(C(C)(C)C)c(Br)c1OC(=O)NC(C)(C)C. The Balaban J connectivity index is 2.98. The fraction of sp³-hybridized carbons (Fsp3) is 0.692. The molecule has 5 nitrogen and oxygen atoms in total. The number of aromatic nitrogens is 2. The van der Waals surface area contributed by atoms with Gasteiger partial charge in [-0.05, 0) is 36.7 Å². The Morgan fingerprint density at radius 1 is 1.26 bits per heavy atom. The summed E-state index contributed by atoms with van der Waals surface area (Å²) in [7, 11) is 1.75. The maximum atomic E-state index is 11.8. The van der Waals surface area contributed by atoms with E-state index in [4.69, 9.17) is 4.74 Å². The van der Waals surface area contributed by atoms with Crippen molar-refractivity contribution in [2.24, 2.45) is 7.05 Å². The highest BCUT2D eigenvalue weighted by atomic mass is 79.9. The van der Waals surface area contributed by atoms with E-state index in [1.165, 1.54) is 0 Å². The number of nitrogens with zero attached hydrogens (tertiary/aromatic N) is 2. The van der Waals surface area contributed by atoms with Gasteiger partial charge < -0.3 is 10.1 Å². The van der Waals surface area contributed by atoms with Crippen LogP contribution in [0.1, 0.15) is 47.2 Å². The highest BCUT2D eigenvalue weighted by molar-refractivity contribution is 9.10. The first-order valence-corrected chi connectivity index (χ1v) is 6.94. The topological polar surface area (TPSA) is 56.2 Å². The Morgan fingerprint density at radius 2 is 1.79 bits per heavy atom. The van der Waals surface area contributed by atoms with Crippen LogP contribution in [0.25, 0.3) is 0 Å². The molecule has 1 heterocycles. The molecule has 108 valence electrons. The maximum absolute atomic E-state index is 11.8. The minimum atomic E-state index is -0.489. The molecule has 1 rings (SSSR count). The van der Waals surface area contributed by atoms with Crippen LogP contribution in [0, 0.1) is 0 Å². The first kappa shape index (κ1) is 16.0. The van der Waals surface area contributed by atoms with E-state index in [0.29, 0.717) is 10.4 Å². The van der Waals surface area contributed by atoms with Crippen LogP contribution >= 0.6 is 15.9 Å². The van der Waals surface area contributed by atoms with E-state index in [9.17, 15) is 4.79 Å². The third-order valence-corrected chi connectivity index (χ3v) is 3.03. The molecule has 0 aliphatic carbocycles. The molecule has 0 aliphatic rings. The van der Waals surface area contributed by atoms with Gasteiger partial charge in [-0.1, -0.05) is 20.8 Å². The minimum absolute atomic E-state index is 0.126. The number of rotatable bonds is 1. The smallest absolute Gasteiger partial charge is 0.390 e. The molecule has 0 radical (unpaired) electrons. The highest BCUT2D eigenvalue weighted by Gasteiger charge is 2.27. The summed E-state index contributed by atoms with van der Waals surface area (Å²) in [6, 6.07) is 0. The molecule has 0 spiro atoms. The number of amides is 1. The fourth-order valence-electron chi connectivity index (χ4n) is 1.49. The first-order chi connectivity index (χ1) is 8.42. The number of carbonyl (C=O) groups excluding carboxylic acids is 1. The van der Waals surface area contributed by atoms with Gasteiger partial charge in [0.25, 0.3) is 0 Å². The average Bonchev–Trinajstić information content (AvgIpc) is 2.41. The van der Waals surface area contributed by atoms with Crippen LogP contribution in [0.15, 0.2) is 4.47 Å². The summed E-state index contributed by atoms with van der Waals surface area (Å²) in [5, 5.41) is 7.14. The Kier molecular flexibility index (Phi) is 4.34. The van der Waals surface area contributed by atoms with Crippen molar-refractivity contribution in [3.63, 3.8) is 0 Å². The molecule has 6 heteroatoms. The van der Waals surface area contributed by atoms with Gasteiger partial charge in [0.05, 0.1) is 5.69 Å². The second-order valence-corrected chi connectivity index (χ2v) is 7.40. The second kappa shape index (κ2) is 5.15. The van der Waals surface area contributed by atoms with E-state index in [2.05, 4.69) is 47.1 Å². The van der Waals surface area contributed by atoms with E-state index in [-0.39, 0.29) is 11.0 Å². The molecule has 0 bridgehead atoms. The summed E-state index contributed by atoms with van der Waals surface area (Å²) in [6.07, 6.45) is -0.489. The quantitative estimate of drug-likeness (QED) is 0.858. The summed E-state index contributed by atoms with van der Waals surface area (Å²) in [6.45, 7) is 11.9. The molecular formula is C13H22BrN3O2. The zero-order chi connectivity index (χ0) is 15.0. The van der Waals surface area contributed by atoms with E-state index >= 15 is 0 Å². The van der Waals surface area contributed by atoms with E-state index in [1.807, 2.05) is 20.8 Å². The normalized spacial score (nSPS) is 12.4. The molecule has 0 unspecified atom stereocenters. The van der Waals surface area contributed by atoms with Gasteiger partial charge in [0.2, 0.25) is 5.88 Å². The number of carbonyl (C=O) groups is 1. The largest absolute Gasteiger partial charge is 0.414 e. The minimum Gasteiger partial charge on any atom is -0.390 e. The summed E-state index contributed by atoms with van der Waals surface area (Å²) in [5.74, 6) is 0.409. The van der Waals surface area contributed by atoms with E-state index in [0.717, 1.165) is 5.69 Å². The molecule has 1 aromatic heterocycles. The van der Waals surface area contributed by atoms with Crippen LogP contribution < -0.4 is 10.1 Å². The summed E-state index contributed by atoms with van der Waals surface area (Å²) >= 11 is 3.46. The molecule has 19 heavy (non-hydrogen) atoms. The lowest BCUT2D eigenvalue weighted by molar-refractivity contribution is 0.186. The predicted octanol–water partition coefficient (Wildman–Crippen LogP) is 3.37. The molecule has 0 saturated heterocycles. The van der Waals surface area contributed by atoms with Crippen LogP contribution in [-0.2, 0) is 12.5 Å². The fourth-order valence-corrected chi connectivity index (χ4v) is 2.50. The molecule has 0 fully saturated rings. The third-order valence-electron chi connectivity index (χ3n) is 2.32. The Morgan fingerprint density at radius 3 is 2.16 bits per heavy atom. The van der Waals surface area contributed by atoms with Gasteiger partial charge >= 0.3 is 6.09 Å². The molecule has 0 atom stereocenters. The lowest BCUT2D eigenvalue weighted by Crippen LogP contribution is -2.42. The van der Waals surface area contributed by atoms with Crippen molar-refractivity contribution in [1.82, 2.24) is 15.1 Å². The highest BCUT2D eigenvalue weighted by Crippen LogP contribution is 2.35. The molecule has 1 aromatic rings. The molecule has 1 N–H and O–H groups in total. The Hall–Kier alpha value is -1.04. The molecule has 1 amide bonds. The van der Waals surface area contributed by atoms with Gasteiger partial charge in [0, 0.05) is 18.0 Å². The first-order valence-electron chi connectivity index (χ1n) is 6.15. The van der Waals surface area contributed by atoms with Crippen LogP contribution in [0.5, 0.6) is 5.88 Å². The van der Waals surface area contributed by atoms with Gasteiger partial charge in [-0.2, -0.15) is 5.10 Å². The Labute approximate surface area is 122 Å². The van der Waals surface area contributed by atoms with Crippen molar-refractivity contribution in [1.29, 1.82) is 0 Å². The standard InChI is InChI=1S/C13H22BrN3O2/c1-12(2,3)9-8(14)10(17(7)16-9)19-11(18)15-13(4,5)6/h1-7H3,(H,15,18). The lowest BCUT2D eigenvalue weighted by atomic mass is 9.92. The molecule has 0 aromatic carbocycles. The lowest BCUT2D eigenvalue weighted by Gasteiger charge is -2.19. The van der Waals surface area contributed by atoms with Gasteiger partial charge in [-0.15, -0.1) is 0 Å². The zero-order valence-electron chi connectivity index (χ0n) is 12.6. The summed E-state index contributed by atoms with van der Waals surface area (Å²) in [5.41, 5.74) is 0.391. The van der Waals surface area contributed by atoms with Crippen LogP contribution in [0.4, 0.5) is 4.79 Å². The van der Waals surface area contributed by atoms with Crippen molar-refractivity contribution in [3.8, 4) is 5.88 Å².